The Bertz CT molecular complexity index is 559. The van der Waals surface area contributed by atoms with E-state index in [1.165, 1.54) is 7.11 Å². The van der Waals surface area contributed by atoms with Crippen LogP contribution in [0.1, 0.15) is 35.3 Å². The van der Waals surface area contributed by atoms with E-state index in [9.17, 15) is 9.59 Å². The SMILES string of the molecule is CCc1nc(C)c(CNC(=O)[C@@H]2CCCN(C(=O)COC)C2)s1. The molecule has 1 N–H and O–H groups in total. The van der Waals surface area contributed by atoms with Gasteiger partial charge in [0.1, 0.15) is 6.61 Å². The molecule has 0 bridgehead atoms. The van der Waals surface area contributed by atoms with Gasteiger partial charge in [0.2, 0.25) is 11.8 Å². The fourth-order valence-electron chi connectivity index (χ4n) is 2.75. The van der Waals surface area contributed by atoms with Gasteiger partial charge in [-0.2, -0.15) is 0 Å². The fraction of sp³-hybridized carbons (Fsp3) is 0.688. The third kappa shape index (κ3) is 4.75. The number of nitrogens with zero attached hydrogens (tertiary/aromatic N) is 2. The minimum absolute atomic E-state index is 0.0192. The number of thiazole rings is 1. The molecule has 1 aliphatic rings. The topological polar surface area (TPSA) is 71.5 Å². The highest BCUT2D eigenvalue weighted by Crippen LogP contribution is 2.20. The maximum Gasteiger partial charge on any atom is 0.248 e. The first kappa shape index (κ1) is 17.9. The Hall–Kier alpha value is -1.47. The molecule has 0 saturated carbocycles. The van der Waals surface area contributed by atoms with Gasteiger partial charge >= 0.3 is 0 Å². The van der Waals surface area contributed by atoms with Crippen molar-refractivity contribution < 1.29 is 14.3 Å². The minimum Gasteiger partial charge on any atom is -0.375 e. The molecule has 1 aromatic heterocycles. The molecule has 0 radical (unpaired) electrons. The lowest BCUT2D eigenvalue weighted by Gasteiger charge is -2.31. The molecule has 128 valence electrons. The van der Waals surface area contributed by atoms with Crippen molar-refractivity contribution in [1.82, 2.24) is 15.2 Å². The summed E-state index contributed by atoms with van der Waals surface area (Å²) in [7, 11) is 1.51. The number of hydrogen-bond acceptors (Lipinski definition) is 5. The standard InChI is InChI=1S/C16H25N3O3S/c1-4-14-18-11(2)13(23-14)8-17-16(21)12-6-5-7-19(9-12)15(20)10-22-3/h12H,4-10H2,1-3H3,(H,17,21)/t12-/m1/s1. The zero-order chi connectivity index (χ0) is 16.8. The van der Waals surface area contributed by atoms with Crippen molar-refractivity contribution in [3.8, 4) is 0 Å². The predicted octanol–water partition coefficient (Wildman–Crippen LogP) is 1.52. The molecule has 1 saturated heterocycles. The number of aromatic nitrogens is 1. The third-order valence-corrected chi connectivity index (χ3v) is 5.38. The van der Waals surface area contributed by atoms with Crippen LogP contribution in [0.15, 0.2) is 0 Å². The van der Waals surface area contributed by atoms with Gasteiger partial charge in [0, 0.05) is 25.1 Å². The summed E-state index contributed by atoms with van der Waals surface area (Å²) in [5.41, 5.74) is 0.993. The number of rotatable bonds is 6. The molecule has 6 nitrogen and oxygen atoms in total. The van der Waals surface area contributed by atoms with Crippen LogP contribution in [-0.2, 0) is 27.3 Å². The Morgan fingerprint density at radius 1 is 1.48 bits per heavy atom. The quantitative estimate of drug-likeness (QED) is 0.853. The van der Waals surface area contributed by atoms with Crippen LogP contribution < -0.4 is 5.32 Å². The molecule has 1 fully saturated rings. The molecule has 2 heterocycles. The first-order chi connectivity index (χ1) is 11.0. The number of ether oxygens (including phenoxy) is 1. The summed E-state index contributed by atoms with van der Waals surface area (Å²) in [6.45, 7) is 5.84. The van der Waals surface area contributed by atoms with Crippen LogP contribution in [0.4, 0.5) is 0 Å². The molecular weight excluding hydrogens is 314 g/mol. The van der Waals surface area contributed by atoms with Gasteiger partial charge in [0.25, 0.3) is 0 Å². The molecule has 1 atom stereocenters. The maximum absolute atomic E-state index is 12.4. The van der Waals surface area contributed by atoms with Gasteiger partial charge < -0.3 is 15.0 Å². The van der Waals surface area contributed by atoms with Crippen LogP contribution >= 0.6 is 11.3 Å². The van der Waals surface area contributed by atoms with Crippen molar-refractivity contribution in [3.63, 3.8) is 0 Å². The van der Waals surface area contributed by atoms with E-state index < -0.39 is 0 Å². The second-order valence-electron chi connectivity index (χ2n) is 5.80. The molecule has 1 aromatic rings. The molecule has 2 amide bonds. The first-order valence-electron chi connectivity index (χ1n) is 8.04. The number of hydrogen-bond donors (Lipinski definition) is 1. The third-order valence-electron chi connectivity index (χ3n) is 4.08. The Kier molecular flexibility index (Phi) is 6.53. The number of amides is 2. The number of carbonyl (C=O) groups is 2. The Labute approximate surface area is 141 Å². The molecule has 0 aromatic carbocycles. The molecule has 0 spiro atoms. The lowest BCUT2D eigenvalue weighted by molar-refractivity contribution is -0.139. The van der Waals surface area contributed by atoms with Crippen molar-refractivity contribution in [2.24, 2.45) is 5.92 Å². The number of methoxy groups -OCH3 is 1. The van der Waals surface area contributed by atoms with Crippen LogP contribution in [0.5, 0.6) is 0 Å². The second kappa shape index (κ2) is 8.40. The van der Waals surface area contributed by atoms with E-state index in [-0.39, 0.29) is 24.3 Å². The van der Waals surface area contributed by atoms with Crippen molar-refractivity contribution in [2.45, 2.75) is 39.7 Å². The monoisotopic (exact) mass is 339 g/mol. The molecule has 2 rings (SSSR count). The highest BCUT2D eigenvalue weighted by atomic mass is 32.1. The molecule has 23 heavy (non-hydrogen) atoms. The predicted molar refractivity (Wildman–Crippen MR) is 89.3 cm³/mol. The van der Waals surface area contributed by atoms with E-state index in [1.807, 2.05) is 6.92 Å². The maximum atomic E-state index is 12.4. The Morgan fingerprint density at radius 2 is 2.26 bits per heavy atom. The number of piperidine rings is 1. The van der Waals surface area contributed by atoms with E-state index in [0.29, 0.717) is 19.6 Å². The van der Waals surface area contributed by atoms with Crippen LogP contribution in [0, 0.1) is 12.8 Å². The van der Waals surface area contributed by atoms with E-state index in [0.717, 1.165) is 34.8 Å². The minimum atomic E-state index is -0.136. The lowest BCUT2D eigenvalue weighted by Crippen LogP contribution is -2.46. The average Bonchev–Trinajstić information content (AvgIpc) is 2.93. The zero-order valence-electron chi connectivity index (χ0n) is 14.1. The second-order valence-corrected chi connectivity index (χ2v) is 6.97. The molecule has 0 aliphatic carbocycles. The van der Waals surface area contributed by atoms with Crippen molar-refractivity contribution in [2.75, 3.05) is 26.8 Å². The van der Waals surface area contributed by atoms with Crippen LogP contribution in [0.25, 0.3) is 0 Å². The summed E-state index contributed by atoms with van der Waals surface area (Å²) in [6.07, 6.45) is 2.59. The summed E-state index contributed by atoms with van der Waals surface area (Å²) < 4.78 is 4.89. The van der Waals surface area contributed by atoms with Crippen molar-refractivity contribution >= 4 is 23.2 Å². The van der Waals surface area contributed by atoms with Gasteiger partial charge in [0.05, 0.1) is 23.2 Å². The molecule has 7 heteroatoms. The van der Waals surface area contributed by atoms with E-state index in [1.54, 1.807) is 16.2 Å². The van der Waals surface area contributed by atoms with Gasteiger partial charge in [0.15, 0.2) is 0 Å². The Balaban J connectivity index is 1.87. The molecule has 1 aliphatic heterocycles. The summed E-state index contributed by atoms with van der Waals surface area (Å²) in [5, 5.41) is 4.10. The smallest absolute Gasteiger partial charge is 0.248 e. The number of carbonyl (C=O) groups excluding carboxylic acids is 2. The summed E-state index contributed by atoms with van der Waals surface area (Å²) >= 11 is 1.65. The summed E-state index contributed by atoms with van der Waals surface area (Å²) in [5.74, 6) is -0.162. The number of aryl methyl sites for hydroxylation is 2. The van der Waals surface area contributed by atoms with E-state index in [2.05, 4.69) is 17.2 Å². The Morgan fingerprint density at radius 3 is 2.91 bits per heavy atom. The summed E-state index contributed by atoms with van der Waals surface area (Å²) in [6, 6.07) is 0. The first-order valence-corrected chi connectivity index (χ1v) is 8.86. The highest BCUT2D eigenvalue weighted by Gasteiger charge is 2.28. The van der Waals surface area contributed by atoms with Gasteiger partial charge in [-0.1, -0.05) is 6.92 Å². The van der Waals surface area contributed by atoms with E-state index in [4.69, 9.17) is 4.74 Å². The van der Waals surface area contributed by atoms with Gasteiger partial charge in [-0.3, -0.25) is 9.59 Å². The average molecular weight is 339 g/mol. The normalized spacial score (nSPS) is 18.0. The zero-order valence-corrected chi connectivity index (χ0v) is 14.9. The number of likely N-dealkylation sites (tertiary alicyclic amines) is 1. The largest absolute Gasteiger partial charge is 0.375 e. The van der Waals surface area contributed by atoms with Gasteiger partial charge in [-0.25, -0.2) is 4.98 Å². The van der Waals surface area contributed by atoms with Crippen molar-refractivity contribution in [3.05, 3.63) is 15.6 Å². The van der Waals surface area contributed by atoms with Crippen LogP contribution in [0.3, 0.4) is 0 Å². The fourth-order valence-corrected chi connectivity index (χ4v) is 3.70. The van der Waals surface area contributed by atoms with Gasteiger partial charge in [-0.05, 0) is 26.2 Å². The van der Waals surface area contributed by atoms with Crippen LogP contribution in [-0.4, -0.2) is 48.5 Å². The lowest BCUT2D eigenvalue weighted by atomic mass is 9.97. The van der Waals surface area contributed by atoms with Crippen molar-refractivity contribution in [1.29, 1.82) is 0 Å². The summed E-state index contributed by atoms with van der Waals surface area (Å²) in [4.78, 5) is 31.6. The van der Waals surface area contributed by atoms with E-state index >= 15 is 0 Å². The molecular formula is C16H25N3O3S. The van der Waals surface area contributed by atoms with Gasteiger partial charge in [-0.15, -0.1) is 11.3 Å². The van der Waals surface area contributed by atoms with Crippen LogP contribution in [0.2, 0.25) is 0 Å². The highest BCUT2D eigenvalue weighted by molar-refractivity contribution is 7.11. The molecule has 0 unspecified atom stereocenters. The number of nitrogens with one attached hydrogen (secondary N) is 1.